The molecule has 132 valence electrons. The Balaban J connectivity index is 0.00000264. The summed E-state index contributed by atoms with van der Waals surface area (Å²) in [6.45, 7) is 2.67. The third-order valence-corrected chi connectivity index (χ3v) is 4.66. The van der Waals surface area contributed by atoms with Gasteiger partial charge in [-0.1, -0.05) is 11.6 Å². The van der Waals surface area contributed by atoms with Crippen LogP contribution >= 0.6 is 24.0 Å². The van der Waals surface area contributed by atoms with Crippen LogP contribution in [0.3, 0.4) is 0 Å². The highest BCUT2D eigenvalue weighted by Crippen LogP contribution is 2.20. The first kappa shape index (κ1) is 20.3. The van der Waals surface area contributed by atoms with Gasteiger partial charge in [0, 0.05) is 26.7 Å². The summed E-state index contributed by atoms with van der Waals surface area (Å²) >= 11 is 0. The van der Waals surface area contributed by atoms with Gasteiger partial charge >= 0.3 is 5.97 Å². The number of nitrogens with one attached hydrogen (secondary N) is 1. The highest BCUT2D eigenvalue weighted by Gasteiger charge is 2.26. The fourth-order valence-electron chi connectivity index (χ4n) is 3.29. The van der Waals surface area contributed by atoms with Crippen LogP contribution in [0.5, 0.6) is 0 Å². The highest BCUT2D eigenvalue weighted by molar-refractivity contribution is 14.0. The standard InChI is InChI=1S/C17H29N3O2.HI/c1-18-17(19-11-8-14-6-4-3-5-7-14)20-12-9-15(10-13-20)16(21)22-2;/h6,15H,3-5,7-13H2,1-2H3,(H,18,19);1H. The zero-order valence-corrected chi connectivity index (χ0v) is 16.7. The predicted molar refractivity (Wildman–Crippen MR) is 104 cm³/mol. The summed E-state index contributed by atoms with van der Waals surface area (Å²) in [6, 6.07) is 0. The number of carbonyl (C=O) groups excluding carboxylic acids is 1. The number of esters is 1. The number of carbonyl (C=O) groups is 1. The lowest BCUT2D eigenvalue weighted by molar-refractivity contribution is -0.146. The van der Waals surface area contributed by atoms with Gasteiger partial charge in [-0.25, -0.2) is 0 Å². The second-order valence-electron chi connectivity index (χ2n) is 6.12. The molecule has 6 heteroatoms. The molecule has 0 amide bonds. The number of hydrogen-bond donors (Lipinski definition) is 1. The van der Waals surface area contributed by atoms with Gasteiger partial charge in [0.25, 0.3) is 0 Å². The molecule has 23 heavy (non-hydrogen) atoms. The number of likely N-dealkylation sites (tertiary alicyclic amines) is 1. The number of allylic oxidation sites excluding steroid dienone is 1. The largest absolute Gasteiger partial charge is 0.469 e. The number of halogens is 1. The first-order valence-electron chi connectivity index (χ1n) is 8.46. The van der Waals surface area contributed by atoms with Crippen LogP contribution in [0, 0.1) is 5.92 Å². The van der Waals surface area contributed by atoms with Crippen LogP contribution in [0.25, 0.3) is 0 Å². The molecule has 1 heterocycles. The molecule has 0 aromatic carbocycles. The molecular formula is C17H30IN3O2. The first-order chi connectivity index (χ1) is 10.7. The zero-order chi connectivity index (χ0) is 15.8. The topological polar surface area (TPSA) is 53.9 Å². The summed E-state index contributed by atoms with van der Waals surface area (Å²) in [4.78, 5) is 18.2. The van der Waals surface area contributed by atoms with Gasteiger partial charge in [-0.05, 0) is 44.9 Å². The highest BCUT2D eigenvalue weighted by atomic mass is 127. The Labute approximate surface area is 157 Å². The van der Waals surface area contributed by atoms with Crippen molar-refractivity contribution in [2.75, 3.05) is 33.8 Å². The molecule has 5 nitrogen and oxygen atoms in total. The molecule has 0 saturated carbocycles. The van der Waals surface area contributed by atoms with E-state index in [2.05, 4.69) is 21.3 Å². The van der Waals surface area contributed by atoms with E-state index in [4.69, 9.17) is 4.74 Å². The van der Waals surface area contributed by atoms with Gasteiger partial charge < -0.3 is 15.0 Å². The van der Waals surface area contributed by atoms with Crippen molar-refractivity contribution in [2.24, 2.45) is 10.9 Å². The molecule has 0 unspecified atom stereocenters. The number of rotatable bonds is 4. The van der Waals surface area contributed by atoms with Crippen LogP contribution in [-0.4, -0.2) is 50.6 Å². The molecule has 1 fully saturated rings. The Morgan fingerprint density at radius 1 is 1.39 bits per heavy atom. The number of hydrogen-bond acceptors (Lipinski definition) is 3. The number of nitrogens with zero attached hydrogens (tertiary/aromatic N) is 2. The Hall–Kier alpha value is -0.790. The van der Waals surface area contributed by atoms with Gasteiger partial charge in [0.1, 0.15) is 0 Å². The summed E-state index contributed by atoms with van der Waals surface area (Å²) in [5.41, 5.74) is 1.58. The molecule has 0 aromatic rings. The SMILES string of the molecule is CN=C(NCCC1=CCCCC1)N1CCC(C(=O)OC)CC1.I. The summed E-state index contributed by atoms with van der Waals surface area (Å²) in [5.74, 6) is 0.929. The molecular weight excluding hydrogens is 405 g/mol. The van der Waals surface area contributed by atoms with Gasteiger partial charge in [0.05, 0.1) is 13.0 Å². The van der Waals surface area contributed by atoms with Crippen molar-refractivity contribution >= 4 is 35.9 Å². The van der Waals surface area contributed by atoms with Gasteiger partial charge in [0.2, 0.25) is 0 Å². The van der Waals surface area contributed by atoms with Gasteiger partial charge in [-0.15, -0.1) is 24.0 Å². The van der Waals surface area contributed by atoms with Crippen LogP contribution in [-0.2, 0) is 9.53 Å². The summed E-state index contributed by atoms with van der Waals surface area (Å²) in [7, 11) is 3.30. The Morgan fingerprint density at radius 3 is 2.70 bits per heavy atom. The van der Waals surface area contributed by atoms with E-state index in [1.165, 1.54) is 32.8 Å². The maximum absolute atomic E-state index is 11.6. The van der Waals surface area contributed by atoms with E-state index in [0.29, 0.717) is 0 Å². The average Bonchev–Trinajstić information content (AvgIpc) is 2.59. The van der Waals surface area contributed by atoms with Crippen LogP contribution in [0.15, 0.2) is 16.6 Å². The lowest BCUT2D eigenvalue weighted by atomic mass is 9.97. The molecule has 0 spiro atoms. The van der Waals surface area contributed by atoms with Crippen molar-refractivity contribution in [3.8, 4) is 0 Å². The Bertz CT molecular complexity index is 430. The zero-order valence-electron chi connectivity index (χ0n) is 14.3. The fraction of sp³-hybridized carbons (Fsp3) is 0.765. The second-order valence-corrected chi connectivity index (χ2v) is 6.12. The van der Waals surface area contributed by atoms with Gasteiger partial charge in [0.15, 0.2) is 5.96 Å². The normalized spacial score (nSPS) is 19.7. The van der Waals surface area contributed by atoms with Crippen molar-refractivity contribution < 1.29 is 9.53 Å². The van der Waals surface area contributed by atoms with Crippen molar-refractivity contribution in [2.45, 2.75) is 44.9 Å². The third-order valence-electron chi connectivity index (χ3n) is 4.66. The van der Waals surface area contributed by atoms with E-state index in [-0.39, 0.29) is 35.9 Å². The quantitative estimate of drug-likeness (QED) is 0.243. The lowest BCUT2D eigenvalue weighted by Crippen LogP contribution is -2.46. The fourth-order valence-corrected chi connectivity index (χ4v) is 3.29. The lowest BCUT2D eigenvalue weighted by Gasteiger charge is -2.33. The molecule has 1 aliphatic heterocycles. The maximum Gasteiger partial charge on any atom is 0.308 e. The molecule has 0 aromatic heterocycles. The molecule has 0 atom stereocenters. The first-order valence-corrected chi connectivity index (χ1v) is 8.46. The van der Waals surface area contributed by atoms with Crippen molar-refractivity contribution in [1.82, 2.24) is 10.2 Å². The van der Waals surface area contributed by atoms with Crippen LogP contribution in [0.4, 0.5) is 0 Å². The summed E-state index contributed by atoms with van der Waals surface area (Å²) in [6.07, 6.45) is 10.4. The minimum Gasteiger partial charge on any atom is -0.469 e. The molecule has 2 aliphatic rings. The monoisotopic (exact) mass is 435 g/mol. The second kappa shape index (κ2) is 10.9. The minimum absolute atomic E-state index is 0. The van der Waals surface area contributed by atoms with E-state index < -0.39 is 0 Å². The van der Waals surface area contributed by atoms with E-state index in [0.717, 1.165) is 44.9 Å². The third kappa shape index (κ3) is 6.31. The van der Waals surface area contributed by atoms with E-state index in [1.54, 1.807) is 5.57 Å². The van der Waals surface area contributed by atoms with Crippen LogP contribution in [0.1, 0.15) is 44.9 Å². The van der Waals surface area contributed by atoms with Crippen molar-refractivity contribution in [1.29, 1.82) is 0 Å². The van der Waals surface area contributed by atoms with Crippen LogP contribution in [0.2, 0.25) is 0 Å². The molecule has 1 aliphatic carbocycles. The predicted octanol–water partition coefficient (Wildman–Crippen LogP) is 2.96. The van der Waals surface area contributed by atoms with Gasteiger partial charge in [-0.3, -0.25) is 9.79 Å². The number of piperidine rings is 1. The minimum atomic E-state index is -0.0770. The molecule has 0 radical (unpaired) electrons. The van der Waals surface area contributed by atoms with E-state index in [1.807, 2.05) is 7.05 Å². The van der Waals surface area contributed by atoms with Crippen LogP contribution < -0.4 is 5.32 Å². The van der Waals surface area contributed by atoms with Gasteiger partial charge in [-0.2, -0.15) is 0 Å². The maximum atomic E-state index is 11.6. The van der Waals surface area contributed by atoms with E-state index >= 15 is 0 Å². The molecule has 0 bridgehead atoms. The average molecular weight is 435 g/mol. The van der Waals surface area contributed by atoms with E-state index in [9.17, 15) is 4.79 Å². The summed E-state index contributed by atoms with van der Waals surface area (Å²) < 4.78 is 4.83. The Kier molecular flexibility index (Phi) is 9.59. The molecule has 1 N–H and O–H groups in total. The number of ether oxygens (including phenoxy) is 1. The number of methoxy groups -OCH3 is 1. The Morgan fingerprint density at radius 2 is 2.13 bits per heavy atom. The summed E-state index contributed by atoms with van der Waals surface area (Å²) in [5, 5.41) is 3.46. The smallest absolute Gasteiger partial charge is 0.308 e. The van der Waals surface area contributed by atoms with Crippen molar-refractivity contribution in [3.63, 3.8) is 0 Å². The number of guanidine groups is 1. The van der Waals surface area contributed by atoms with Crippen molar-refractivity contribution in [3.05, 3.63) is 11.6 Å². The number of aliphatic imine (C=N–C) groups is 1. The molecule has 1 saturated heterocycles. The molecule has 2 rings (SSSR count).